The topological polar surface area (TPSA) is 39.2 Å². The molecule has 2 heteroatoms. The molecule has 2 aromatic carbocycles. The highest BCUT2D eigenvalue weighted by atomic mass is 16.3. The Morgan fingerprint density at radius 2 is 1.90 bits per heavy atom. The van der Waals surface area contributed by atoms with Gasteiger partial charge in [-0.1, -0.05) is 43.3 Å². The lowest BCUT2D eigenvalue weighted by atomic mass is 9.90. The molecule has 102 valence electrons. The molecule has 0 spiro atoms. The van der Waals surface area contributed by atoms with Gasteiger partial charge in [-0.2, -0.15) is 0 Å². The minimum absolute atomic E-state index is 0.144. The second-order valence-corrected chi connectivity index (χ2v) is 5.15. The second-order valence-electron chi connectivity index (χ2n) is 5.15. The minimum atomic E-state index is -0.144. The van der Waals surface area contributed by atoms with Crippen molar-refractivity contribution >= 4 is 10.8 Å². The summed E-state index contributed by atoms with van der Waals surface area (Å²) in [5.74, 6) is 0.977. The Morgan fingerprint density at radius 3 is 2.70 bits per heavy atom. The van der Waals surface area contributed by atoms with Gasteiger partial charge in [0.25, 0.3) is 0 Å². The van der Waals surface area contributed by atoms with Gasteiger partial charge in [0.2, 0.25) is 0 Å². The first-order chi connectivity index (χ1) is 9.72. The highest BCUT2D eigenvalue weighted by Crippen LogP contribution is 2.32. The van der Waals surface area contributed by atoms with Crippen LogP contribution in [0.5, 0.6) is 0 Å². The third-order valence-corrected chi connectivity index (χ3v) is 3.94. The van der Waals surface area contributed by atoms with Gasteiger partial charge in [-0.05, 0) is 34.9 Å². The van der Waals surface area contributed by atoms with Crippen molar-refractivity contribution in [3.63, 3.8) is 0 Å². The average Bonchev–Trinajstić information content (AvgIpc) is 2.95. The van der Waals surface area contributed by atoms with E-state index in [0.29, 0.717) is 0 Å². The number of rotatable bonds is 3. The number of hydrogen-bond acceptors (Lipinski definition) is 2. The number of aryl methyl sites for hydroxylation is 2. The van der Waals surface area contributed by atoms with Crippen LogP contribution in [0.15, 0.2) is 53.1 Å². The van der Waals surface area contributed by atoms with Crippen molar-refractivity contribution in [1.29, 1.82) is 0 Å². The monoisotopic (exact) mass is 265 g/mol. The van der Waals surface area contributed by atoms with Crippen molar-refractivity contribution in [2.75, 3.05) is 0 Å². The summed E-state index contributed by atoms with van der Waals surface area (Å²) < 4.78 is 5.53. The molecule has 0 aliphatic heterocycles. The fourth-order valence-electron chi connectivity index (χ4n) is 2.89. The van der Waals surface area contributed by atoms with E-state index in [1.165, 1.54) is 21.9 Å². The Kier molecular flexibility index (Phi) is 3.33. The van der Waals surface area contributed by atoms with Crippen LogP contribution in [0, 0.1) is 6.92 Å². The van der Waals surface area contributed by atoms with Crippen molar-refractivity contribution in [3.05, 3.63) is 71.2 Å². The number of fused-ring (bicyclic) bond motifs is 1. The number of furan rings is 1. The van der Waals surface area contributed by atoms with E-state index in [9.17, 15) is 0 Å². The molecule has 0 amide bonds. The van der Waals surface area contributed by atoms with E-state index < -0.39 is 0 Å². The van der Waals surface area contributed by atoms with Gasteiger partial charge < -0.3 is 10.2 Å². The normalized spacial score (nSPS) is 12.8. The Labute approximate surface area is 119 Å². The molecule has 20 heavy (non-hydrogen) atoms. The van der Waals surface area contributed by atoms with Crippen molar-refractivity contribution in [2.24, 2.45) is 5.73 Å². The first-order valence-electron chi connectivity index (χ1n) is 7.02. The molecule has 3 rings (SSSR count). The Balaban J connectivity index is 2.21. The highest BCUT2D eigenvalue weighted by Gasteiger charge is 2.18. The molecule has 0 radical (unpaired) electrons. The van der Waals surface area contributed by atoms with E-state index in [1.54, 1.807) is 6.26 Å². The van der Waals surface area contributed by atoms with Crippen molar-refractivity contribution in [3.8, 4) is 0 Å². The molecule has 0 saturated carbocycles. The summed E-state index contributed by atoms with van der Waals surface area (Å²) in [5.41, 5.74) is 10.0. The molecule has 0 bridgehead atoms. The molecule has 3 aromatic rings. The van der Waals surface area contributed by atoms with Crippen LogP contribution in [0.2, 0.25) is 0 Å². The zero-order valence-electron chi connectivity index (χ0n) is 11.9. The lowest BCUT2D eigenvalue weighted by Crippen LogP contribution is -2.14. The molecule has 1 aromatic heterocycles. The summed E-state index contributed by atoms with van der Waals surface area (Å²) in [6, 6.07) is 14.5. The van der Waals surface area contributed by atoms with E-state index in [-0.39, 0.29) is 6.04 Å². The van der Waals surface area contributed by atoms with Crippen LogP contribution in [0.25, 0.3) is 10.8 Å². The predicted octanol–water partition coefficient (Wildman–Crippen LogP) is 4.35. The van der Waals surface area contributed by atoms with Crippen LogP contribution in [-0.2, 0) is 6.42 Å². The molecule has 1 heterocycles. The first-order valence-corrected chi connectivity index (χ1v) is 7.02. The largest absolute Gasteiger partial charge is 0.469 e. The minimum Gasteiger partial charge on any atom is -0.469 e. The zero-order chi connectivity index (χ0) is 14.1. The Bertz CT molecular complexity index is 742. The lowest BCUT2D eigenvalue weighted by Gasteiger charge is -2.17. The molecular formula is C18H19NO. The molecular weight excluding hydrogens is 246 g/mol. The van der Waals surface area contributed by atoms with Crippen LogP contribution in [0.4, 0.5) is 0 Å². The summed E-state index contributed by atoms with van der Waals surface area (Å²) in [5, 5.41) is 2.45. The summed E-state index contributed by atoms with van der Waals surface area (Å²) in [7, 11) is 0. The maximum absolute atomic E-state index is 6.54. The van der Waals surface area contributed by atoms with Crippen molar-refractivity contribution < 1.29 is 4.42 Å². The standard InChI is InChI=1S/C18H19NO/c1-3-16-15(10-11-20-16)18(19)17-12(2)8-9-13-6-4-5-7-14(13)17/h4-11,18H,3,19H2,1-2H3. The second kappa shape index (κ2) is 5.14. The van der Waals surface area contributed by atoms with Crippen molar-refractivity contribution in [2.45, 2.75) is 26.3 Å². The van der Waals surface area contributed by atoms with Crippen LogP contribution in [-0.4, -0.2) is 0 Å². The molecule has 0 fully saturated rings. The summed E-state index contributed by atoms with van der Waals surface area (Å²) in [6.45, 7) is 4.21. The number of nitrogens with two attached hydrogens (primary N) is 1. The van der Waals surface area contributed by atoms with Crippen LogP contribution in [0.1, 0.15) is 35.4 Å². The smallest absolute Gasteiger partial charge is 0.108 e. The van der Waals surface area contributed by atoms with Crippen molar-refractivity contribution in [1.82, 2.24) is 0 Å². The molecule has 1 atom stereocenters. The maximum Gasteiger partial charge on any atom is 0.108 e. The number of hydrogen-bond donors (Lipinski definition) is 1. The van der Waals surface area contributed by atoms with E-state index in [4.69, 9.17) is 10.2 Å². The Hall–Kier alpha value is -2.06. The van der Waals surface area contributed by atoms with Gasteiger partial charge in [-0.15, -0.1) is 0 Å². The zero-order valence-corrected chi connectivity index (χ0v) is 11.9. The summed E-state index contributed by atoms with van der Waals surface area (Å²) >= 11 is 0. The SMILES string of the molecule is CCc1occc1C(N)c1c(C)ccc2ccccc12. The molecule has 1 unspecified atom stereocenters. The molecule has 2 N–H and O–H groups in total. The van der Waals surface area contributed by atoms with E-state index in [2.05, 4.69) is 50.2 Å². The molecule has 0 aliphatic carbocycles. The molecule has 0 aliphatic rings. The van der Waals surface area contributed by atoms with Crippen LogP contribution < -0.4 is 5.73 Å². The van der Waals surface area contributed by atoms with Gasteiger partial charge in [0.1, 0.15) is 5.76 Å². The van der Waals surface area contributed by atoms with Gasteiger partial charge in [0, 0.05) is 12.0 Å². The lowest BCUT2D eigenvalue weighted by molar-refractivity contribution is 0.509. The van der Waals surface area contributed by atoms with Gasteiger partial charge in [0.15, 0.2) is 0 Å². The Morgan fingerprint density at radius 1 is 1.10 bits per heavy atom. The van der Waals surface area contributed by atoms with Gasteiger partial charge in [-0.3, -0.25) is 0 Å². The number of benzene rings is 2. The molecule has 2 nitrogen and oxygen atoms in total. The summed E-state index contributed by atoms with van der Waals surface area (Å²) in [4.78, 5) is 0. The summed E-state index contributed by atoms with van der Waals surface area (Å²) in [6.07, 6.45) is 2.59. The molecule has 0 saturated heterocycles. The van der Waals surface area contributed by atoms with Gasteiger partial charge in [-0.25, -0.2) is 0 Å². The fraction of sp³-hybridized carbons (Fsp3) is 0.222. The predicted molar refractivity (Wildman–Crippen MR) is 82.8 cm³/mol. The van der Waals surface area contributed by atoms with Gasteiger partial charge in [0.05, 0.1) is 12.3 Å². The van der Waals surface area contributed by atoms with Crippen LogP contribution in [0.3, 0.4) is 0 Å². The third kappa shape index (κ3) is 2.02. The van der Waals surface area contributed by atoms with Gasteiger partial charge >= 0.3 is 0 Å². The third-order valence-electron chi connectivity index (χ3n) is 3.94. The fourth-order valence-corrected chi connectivity index (χ4v) is 2.89. The average molecular weight is 265 g/mol. The van der Waals surface area contributed by atoms with Crippen LogP contribution >= 0.6 is 0 Å². The van der Waals surface area contributed by atoms with E-state index in [0.717, 1.165) is 17.7 Å². The van der Waals surface area contributed by atoms with E-state index in [1.807, 2.05) is 6.07 Å². The van der Waals surface area contributed by atoms with E-state index >= 15 is 0 Å². The highest BCUT2D eigenvalue weighted by molar-refractivity contribution is 5.87. The first kappa shape index (κ1) is 12.9. The quantitative estimate of drug-likeness (QED) is 0.764. The maximum atomic E-state index is 6.54.